The first-order chi connectivity index (χ1) is 20.3. The molecular weight excluding hydrogens is 564 g/mol. The molecule has 0 spiro atoms. The van der Waals surface area contributed by atoms with Gasteiger partial charge in [-0.3, -0.25) is 9.59 Å². The number of aromatic amines is 2. The number of hydrogen-bond donors (Lipinski definition) is 6. The minimum absolute atomic E-state index is 0.0264. The molecule has 13 heteroatoms. The average molecular weight is 599 g/mol. The summed E-state index contributed by atoms with van der Waals surface area (Å²) in [5, 5.41) is 31.5. The molecule has 3 aromatic heterocycles. The molecule has 2 unspecified atom stereocenters. The fourth-order valence-electron chi connectivity index (χ4n) is 5.87. The van der Waals surface area contributed by atoms with Crippen molar-refractivity contribution >= 4 is 23.3 Å². The molecule has 2 aliphatic heterocycles. The lowest BCUT2D eigenvalue weighted by atomic mass is 9.86. The minimum atomic E-state index is -1.34. The van der Waals surface area contributed by atoms with Gasteiger partial charge in [0.05, 0.1) is 41.6 Å². The van der Waals surface area contributed by atoms with Gasteiger partial charge in [-0.1, -0.05) is 6.07 Å². The number of aromatic nitrogens is 2. The molecule has 0 aromatic carbocycles. The van der Waals surface area contributed by atoms with Gasteiger partial charge < -0.3 is 40.3 Å². The molecule has 5 heterocycles. The summed E-state index contributed by atoms with van der Waals surface area (Å²) in [6, 6.07) is 2.53. The molecule has 2 saturated heterocycles. The highest BCUT2D eigenvalue weighted by molar-refractivity contribution is 7.10. The van der Waals surface area contributed by atoms with E-state index in [1.54, 1.807) is 31.4 Å². The van der Waals surface area contributed by atoms with E-state index in [9.17, 15) is 29.4 Å². The predicted octanol–water partition coefficient (Wildman–Crippen LogP) is 2.92. The van der Waals surface area contributed by atoms with Crippen LogP contribution in [0.15, 0.2) is 27.1 Å². The normalized spacial score (nSPS) is 19.1. The number of ether oxygens (including phenoxy) is 2. The summed E-state index contributed by atoms with van der Waals surface area (Å²) in [6.07, 6.45) is 2.85. The van der Waals surface area contributed by atoms with Crippen molar-refractivity contribution in [3.63, 3.8) is 0 Å². The van der Waals surface area contributed by atoms with Crippen molar-refractivity contribution in [3.8, 4) is 11.5 Å². The summed E-state index contributed by atoms with van der Waals surface area (Å²) in [6.45, 7) is 4.63. The highest BCUT2D eigenvalue weighted by Gasteiger charge is 2.38. The number of pyridine rings is 2. The van der Waals surface area contributed by atoms with Gasteiger partial charge >= 0.3 is 11.9 Å². The van der Waals surface area contributed by atoms with Gasteiger partial charge in [0.15, 0.2) is 0 Å². The molecule has 2 aliphatic rings. The van der Waals surface area contributed by atoms with Crippen molar-refractivity contribution in [1.82, 2.24) is 20.6 Å². The molecular formula is C29H34N4O8S. The smallest absolute Gasteiger partial charge is 0.343 e. The van der Waals surface area contributed by atoms with Crippen LogP contribution in [0, 0.1) is 0 Å². The number of aromatic hydroxyl groups is 2. The second kappa shape index (κ2) is 12.5. The number of esters is 2. The molecule has 5 rings (SSSR count). The fourth-order valence-corrected chi connectivity index (χ4v) is 6.71. The van der Waals surface area contributed by atoms with Gasteiger partial charge in [0.1, 0.15) is 22.6 Å². The summed E-state index contributed by atoms with van der Waals surface area (Å²) < 4.78 is 10.5. The molecule has 0 radical (unpaired) electrons. The lowest BCUT2D eigenvalue weighted by molar-refractivity contribution is 0.0510. The van der Waals surface area contributed by atoms with Crippen LogP contribution in [-0.2, 0) is 9.47 Å². The van der Waals surface area contributed by atoms with Crippen molar-refractivity contribution in [2.24, 2.45) is 0 Å². The SMILES string of the molecule is CCOC(=O)c1c(C2CCCN2)[nH]c(=O)c(C(c2cccs2)c2c(O)c(C(=O)OCC)c(C3CCCN3)[nH]c2=O)c1O. The van der Waals surface area contributed by atoms with Gasteiger partial charge in [0.25, 0.3) is 11.1 Å². The average Bonchev–Trinajstić information content (AvgIpc) is 3.75. The van der Waals surface area contributed by atoms with E-state index >= 15 is 0 Å². The Hall–Kier alpha value is -3.94. The number of H-pyrrole nitrogens is 2. The molecule has 0 amide bonds. The van der Waals surface area contributed by atoms with Crippen LogP contribution >= 0.6 is 11.3 Å². The maximum absolute atomic E-state index is 13.8. The van der Waals surface area contributed by atoms with E-state index in [0.29, 0.717) is 30.8 Å². The van der Waals surface area contributed by atoms with Crippen molar-refractivity contribution in [1.29, 1.82) is 0 Å². The van der Waals surface area contributed by atoms with Gasteiger partial charge in [0, 0.05) is 17.0 Å². The van der Waals surface area contributed by atoms with Crippen LogP contribution in [0.4, 0.5) is 0 Å². The second-order valence-corrected chi connectivity index (χ2v) is 11.2. The van der Waals surface area contributed by atoms with Gasteiger partial charge in [-0.05, 0) is 64.1 Å². The molecule has 6 N–H and O–H groups in total. The molecule has 2 atom stereocenters. The highest BCUT2D eigenvalue weighted by atomic mass is 32.1. The minimum Gasteiger partial charge on any atom is -0.506 e. The topological polar surface area (TPSA) is 183 Å². The van der Waals surface area contributed by atoms with E-state index in [1.165, 1.54) is 11.3 Å². The zero-order valence-electron chi connectivity index (χ0n) is 23.4. The fraction of sp³-hybridized carbons (Fsp3) is 0.448. The third-order valence-corrected chi connectivity index (χ3v) is 8.63. The number of carbonyl (C=O) groups is 2. The van der Waals surface area contributed by atoms with E-state index in [-0.39, 0.29) is 46.9 Å². The lowest BCUT2D eigenvalue weighted by Gasteiger charge is -2.24. The molecule has 2 fully saturated rings. The third kappa shape index (κ3) is 5.35. The monoisotopic (exact) mass is 598 g/mol. The van der Waals surface area contributed by atoms with Crippen LogP contribution in [0.3, 0.4) is 0 Å². The van der Waals surface area contributed by atoms with Crippen molar-refractivity contribution < 1.29 is 29.3 Å². The maximum atomic E-state index is 13.8. The zero-order chi connectivity index (χ0) is 30.0. The Balaban J connectivity index is 1.80. The van der Waals surface area contributed by atoms with Gasteiger partial charge in [-0.2, -0.15) is 0 Å². The van der Waals surface area contributed by atoms with Gasteiger partial charge in [0.2, 0.25) is 0 Å². The Morgan fingerprint density at radius 1 is 0.881 bits per heavy atom. The molecule has 12 nitrogen and oxygen atoms in total. The first-order valence-electron chi connectivity index (χ1n) is 14.1. The third-order valence-electron chi connectivity index (χ3n) is 7.69. The van der Waals surface area contributed by atoms with Crippen LogP contribution in [0.5, 0.6) is 11.5 Å². The van der Waals surface area contributed by atoms with E-state index < -0.39 is 52.6 Å². The summed E-state index contributed by atoms with van der Waals surface area (Å²) in [7, 11) is 0. The quantitative estimate of drug-likeness (QED) is 0.200. The number of thiophene rings is 1. The number of hydrogen-bond acceptors (Lipinski definition) is 11. The second-order valence-electron chi connectivity index (χ2n) is 10.2. The van der Waals surface area contributed by atoms with Gasteiger partial charge in [-0.25, -0.2) is 9.59 Å². The highest BCUT2D eigenvalue weighted by Crippen LogP contribution is 2.43. The van der Waals surface area contributed by atoms with Crippen LogP contribution in [-0.4, -0.2) is 58.4 Å². The molecule has 42 heavy (non-hydrogen) atoms. The lowest BCUT2D eigenvalue weighted by Crippen LogP contribution is -2.31. The van der Waals surface area contributed by atoms with Crippen molar-refractivity contribution in [2.75, 3.05) is 26.3 Å². The van der Waals surface area contributed by atoms with Crippen LogP contribution in [0.25, 0.3) is 0 Å². The first-order valence-corrected chi connectivity index (χ1v) is 15.0. The molecule has 0 saturated carbocycles. The van der Waals surface area contributed by atoms with E-state index in [4.69, 9.17) is 9.47 Å². The Morgan fingerprint density at radius 2 is 1.36 bits per heavy atom. The number of nitrogens with one attached hydrogen (secondary N) is 4. The molecule has 224 valence electrons. The van der Waals surface area contributed by atoms with E-state index in [0.717, 1.165) is 12.8 Å². The summed E-state index contributed by atoms with van der Waals surface area (Å²) in [5.74, 6) is -4.33. The van der Waals surface area contributed by atoms with Crippen molar-refractivity contribution in [2.45, 2.75) is 57.5 Å². The van der Waals surface area contributed by atoms with E-state index in [1.807, 2.05) is 0 Å². The standard InChI is InChI=1S/C29H34N4O8S/c1-3-40-28(38)20-22(14-8-5-11-30-14)32-26(36)18(24(20)34)17(16-10-7-13-42-16)19-25(35)21(29(39)41-4-2)23(33-27(19)37)15-9-6-12-31-15/h7,10,13-15,17,30-31H,3-6,8-9,11-12H2,1-2H3,(H2,32,34,36)(H2,33,35,37). The summed E-state index contributed by atoms with van der Waals surface area (Å²) in [5.41, 5.74) is -2.22. The first kappa shape index (κ1) is 29.5. The van der Waals surface area contributed by atoms with Crippen LogP contribution in [0.2, 0.25) is 0 Å². The number of rotatable bonds is 9. The molecule has 0 aliphatic carbocycles. The van der Waals surface area contributed by atoms with E-state index in [2.05, 4.69) is 20.6 Å². The molecule has 3 aromatic rings. The zero-order valence-corrected chi connectivity index (χ0v) is 24.2. The number of carbonyl (C=O) groups excluding carboxylic acids is 2. The van der Waals surface area contributed by atoms with Crippen molar-refractivity contribution in [3.05, 3.63) is 76.7 Å². The molecule has 0 bridgehead atoms. The Morgan fingerprint density at radius 3 is 1.71 bits per heavy atom. The summed E-state index contributed by atoms with van der Waals surface area (Å²) in [4.78, 5) is 59.9. The van der Waals surface area contributed by atoms with Gasteiger partial charge in [-0.15, -0.1) is 11.3 Å². The Labute approximate surface area is 245 Å². The Bertz CT molecular complexity index is 1480. The van der Waals surface area contributed by atoms with Crippen LogP contribution < -0.4 is 21.8 Å². The summed E-state index contributed by atoms with van der Waals surface area (Å²) >= 11 is 1.18. The largest absolute Gasteiger partial charge is 0.506 e. The predicted molar refractivity (Wildman–Crippen MR) is 155 cm³/mol. The Kier molecular flexibility index (Phi) is 8.80. The maximum Gasteiger partial charge on any atom is 0.343 e. The van der Waals surface area contributed by atoms with Crippen LogP contribution in [0.1, 0.15) is 106 Å².